The maximum absolute atomic E-state index is 11.3. The zero-order valence-electron chi connectivity index (χ0n) is 8.41. The van der Waals surface area contributed by atoms with E-state index in [0.29, 0.717) is 13.0 Å². The molecule has 1 atom stereocenters. The minimum absolute atomic E-state index is 0.0513. The first kappa shape index (κ1) is 10.3. The normalized spacial score (nSPS) is 28.4. The molecule has 0 saturated carbocycles. The molecule has 1 aliphatic heterocycles. The number of aliphatic hydroxyl groups is 1. The van der Waals surface area contributed by atoms with Crippen molar-refractivity contribution in [3.8, 4) is 0 Å². The molecule has 0 bridgehead atoms. The number of cyclic esters (lactones) is 1. The van der Waals surface area contributed by atoms with Crippen LogP contribution in [0.5, 0.6) is 0 Å². The van der Waals surface area contributed by atoms with E-state index in [1.54, 1.807) is 4.90 Å². The highest BCUT2D eigenvalue weighted by Crippen LogP contribution is 2.26. The molecule has 1 fully saturated rings. The zero-order valence-corrected chi connectivity index (χ0v) is 8.41. The molecule has 1 aliphatic rings. The molecule has 1 amide bonds. The highest BCUT2D eigenvalue weighted by Gasteiger charge is 2.41. The summed E-state index contributed by atoms with van der Waals surface area (Å²) >= 11 is 0. The smallest absolute Gasteiger partial charge is 0.410 e. The third-order valence-electron chi connectivity index (χ3n) is 2.34. The van der Waals surface area contributed by atoms with Crippen LogP contribution in [0.25, 0.3) is 0 Å². The molecule has 4 heteroatoms. The standard InChI is InChI=1S/C9H17NO3/c1-7(2)10-6-9(3,4-5-11)13-8(10)12/h7,11H,4-6H2,1-3H3. The van der Waals surface area contributed by atoms with Crippen molar-refractivity contribution in [2.75, 3.05) is 13.2 Å². The van der Waals surface area contributed by atoms with Gasteiger partial charge in [0, 0.05) is 19.1 Å². The Labute approximate surface area is 78.5 Å². The van der Waals surface area contributed by atoms with Crippen molar-refractivity contribution in [3.05, 3.63) is 0 Å². The average molecular weight is 187 g/mol. The molecule has 4 nitrogen and oxygen atoms in total. The second-order valence-electron chi connectivity index (χ2n) is 4.01. The first-order chi connectivity index (χ1) is 5.98. The largest absolute Gasteiger partial charge is 0.441 e. The number of hydrogen-bond acceptors (Lipinski definition) is 3. The van der Waals surface area contributed by atoms with Crippen molar-refractivity contribution in [2.24, 2.45) is 0 Å². The number of nitrogens with zero attached hydrogens (tertiary/aromatic N) is 1. The molecular weight excluding hydrogens is 170 g/mol. The zero-order chi connectivity index (χ0) is 10.1. The van der Waals surface area contributed by atoms with Crippen molar-refractivity contribution >= 4 is 6.09 Å². The van der Waals surface area contributed by atoms with Gasteiger partial charge in [0.2, 0.25) is 0 Å². The van der Waals surface area contributed by atoms with Gasteiger partial charge in [0.1, 0.15) is 5.60 Å². The number of aliphatic hydroxyl groups excluding tert-OH is 1. The van der Waals surface area contributed by atoms with Gasteiger partial charge in [0.05, 0.1) is 6.54 Å². The summed E-state index contributed by atoms with van der Waals surface area (Å²) in [4.78, 5) is 13.0. The van der Waals surface area contributed by atoms with E-state index in [-0.39, 0.29) is 18.7 Å². The molecule has 1 N–H and O–H groups in total. The second-order valence-corrected chi connectivity index (χ2v) is 4.01. The van der Waals surface area contributed by atoms with Gasteiger partial charge in [-0.3, -0.25) is 0 Å². The lowest BCUT2D eigenvalue weighted by Crippen LogP contribution is -2.35. The van der Waals surface area contributed by atoms with Crippen LogP contribution in [0.2, 0.25) is 0 Å². The molecule has 1 heterocycles. The maximum atomic E-state index is 11.3. The molecule has 13 heavy (non-hydrogen) atoms. The number of carbonyl (C=O) groups excluding carboxylic acids is 1. The summed E-state index contributed by atoms with van der Waals surface area (Å²) in [5, 5.41) is 8.79. The molecular formula is C9H17NO3. The minimum atomic E-state index is -0.504. The summed E-state index contributed by atoms with van der Waals surface area (Å²) < 4.78 is 5.19. The fourth-order valence-corrected chi connectivity index (χ4v) is 1.49. The summed E-state index contributed by atoms with van der Waals surface area (Å²) in [6.07, 6.45) is 0.230. The van der Waals surface area contributed by atoms with Crippen LogP contribution < -0.4 is 0 Å². The van der Waals surface area contributed by atoms with Crippen LogP contribution in [-0.2, 0) is 4.74 Å². The SMILES string of the molecule is CC(C)N1CC(C)(CCO)OC1=O. The Kier molecular flexibility index (Phi) is 2.81. The first-order valence-corrected chi connectivity index (χ1v) is 4.59. The Morgan fingerprint density at radius 3 is 2.69 bits per heavy atom. The van der Waals surface area contributed by atoms with Gasteiger partial charge in [-0.15, -0.1) is 0 Å². The lowest BCUT2D eigenvalue weighted by atomic mass is 10.0. The van der Waals surface area contributed by atoms with Gasteiger partial charge in [-0.05, 0) is 20.8 Å². The van der Waals surface area contributed by atoms with E-state index >= 15 is 0 Å². The first-order valence-electron chi connectivity index (χ1n) is 4.59. The van der Waals surface area contributed by atoms with E-state index < -0.39 is 5.60 Å². The summed E-state index contributed by atoms with van der Waals surface area (Å²) in [5.74, 6) is 0. The van der Waals surface area contributed by atoms with Gasteiger partial charge in [-0.2, -0.15) is 0 Å². The van der Waals surface area contributed by atoms with Crippen LogP contribution in [0.3, 0.4) is 0 Å². The summed E-state index contributed by atoms with van der Waals surface area (Å²) in [6.45, 7) is 6.38. The number of hydrogen-bond donors (Lipinski definition) is 1. The van der Waals surface area contributed by atoms with Crippen LogP contribution in [0.4, 0.5) is 4.79 Å². The monoisotopic (exact) mass is 187 g/mol. The molecule has 0 spiro atoms. The molecule has 1 rings (SSSR count). The summed E-state index contributed by atoms with van der Waals surface area (Å²) in [5.41, 5.74) is -0.504. The van der Waals surface area contributed by atoms with Gasteiger partial charge in [-0.25, -0.2) is 4.79 Å². The van der Waals surface area contributed by atoms with Crippen LogP contribution in [0.15, 0.2) is 0 Å². The molecule has 0 aromatic heterocycles. The number of carbonyl (C=O) groups is 1. The molecule has 1 unspecified atom stereocenters. The molecule has 1 saturated heterocycles. The van der Waals surface area contributed by atoms with E-state index in [2.05, 4.69) is 0 Å². The van der Waals surface area contributed by atoms with Crippen LogP contribution in [0.1, 0.15) is 27.2 Å². The number of amides is 1. The average Bonchev–Trinajstić information content (AvgIpc) is 2.27. The van der Waals surface area contributed by atoms with Crippen molar-refractivity contribution in [1.29, 1.82) is 0 Å². The van der Waals surface area contributed by atoms with E-state index in [0.717, 1.165) is 0 Å². The van der Waals surface area contributed by atoms with Crippen molar-refractivity contribution in [1.82, 2.24) is 4.90 Å². The highest BCUT2D eigenvalue weighted by molar-refractivity contribution is 5.70. The Morgan fingerprint density at radius 2 is 2.31 bits per heavy atom. The summed E-state index contributed by atoms with van der Waals surface area (Å²) in [7, 11) is 0. The molecule has 0 aromatic carbocycles. The predicted molar refractivity (Wildman–Crippen MR) is 48.4 cm³/mol. The van der Waals surface area contributed by atoms with Crippen LogP contribution in [0, 0.1) is 0 Å². The van der Waals surface area contributed by atoms with Crippen molar-refractivity contribution < 1.29 is 14.6 Å². The van der Waals surface area contributed by atoms with Crippen molar-refractivity contribution in [2.45, 2.75) is 38.8 Å². The van der Waals surface area contributed by atoms with Gasteiger partial charge >= 0.3 is 6.09 Å². The van der Waals surface area contributed by atoms with E-state index in [9.17, 15) is 4.79 Å². The van der Waals surface area contributed by atoms with Crippen LogP contribution in [-0.4, -0.2) is 40.9 Å². The molecule has 0 radical (unpaired) electrons. The number of ether oxygens (including phenoxy) is 1. The quantitative estimate of drug-likeness (QED) is 0.716. The third kappa shape index (κ3) is 2.12. The molecule has 76 valence electrons. The Bertz CT molecular complexity index is 205. The number of rotatable bonds is 3. The van der Waals surface area contributed by atoms with E-state index in [4.69, 9.17) is 9.84 Å². The van der Waals surface area contributed by atoms with Gasteiger partial charge < -0.3 is 14.7 Å². The Morgan fingerprint density at radius 1 is 1.69 bits per heavy atom. The lowest BCUT2D eigenvalue weighted by molar-refractivity contribution is 0.0502. The molecule has 0 aromatic rings. The Hall–Kier alpha value is -0.770. The van der Waals surface area contributed by atoms with Gasteiger partial charge in [0.15, 0.2) is 0 Å². The van der Waals surface area contributed by atoms with Crippen molar-refractivity contribution in [3.63, 3.8) is 0 Å². The van der Waals surface area contributed by atoms with E-state index in [1.807, 2.05) is 20.8 Å². The van der Waals surface area contributed by atoms with Gasteiger partial charge in [-0.1, -0.05) is 0 Å². The second kappa shape index (κ2) is 3.54. The molecule has 0 aliphatic carbocycles. The predicted octanol–water partition coefficient (Wildman–Crippen LogP) is 0.988. The minimum Gasteiger partial charge on any atom is -0.441 e. The Balaban J connectivity index is 2.63. The van der Waals surface area contributed by atoms with Crippen LogP contribution >= 0.6 is 0 Å². The summed E-state index contributed by atoms with van der Waals surface area (Å²) in [6, 6.07) is 0.160. The third-order valence-corrected chi connectivity index (χ3v) is 2.34. The lowest BCUT2D eigenvalue weighted by Gasteiger charge is -2.21. The van der Waals surface area contributed by atoms with Gasteiger partial charge in [0.25, 0.3) is 0 Å². The topological polar surface area (TPSA) is 49.8 Å². The highest BCUT2D eigenvalue weighted by atomic mass is 16.6. The fraction of sp³-hybridized carbons (Fsp3) is 0.889. The fourth-order valence-electron chi connectivity index (χ4n) is 1.49. The maximum Gasteiger partial charge on any atom is 0.410 e. The van der Waals surface area contributed by atoms with E-state index in [1.165, 1.54) is 0 Å².